The lowest BCUT2D eigenvalue weighted by atomic mass is 10.2. The molecule has 1 rings (SSSR count). The Morgan fingerprint density at radius 1 is 1.42 bits per heavy atom. The van der Waals surface area contributed by atoms with Crippen molar-refractivity contribution in [2.45, 2.75) is 31.2 Å². The molecular formula is C11H19N3O4S. The van der Waals surface area contributed by atoms with Gasteiger partial charge in [-0.1, -0.05) is 13.3 Å². The number of hydrogen-bond acceptors (Lipinski definition) is 4. The molecule has 1 heterocycles. The summed E-state index contributed by atoms with van der Waals surface area (Å²) in [6, 6.07) is -1.33. The van der Waals surface area contributed by atoms with Crippen molar-refractivity contribution in [3.05, 3.63) is 0 Å². The zero-order chi connectivity index (χ0) is 14.4. The highest BCUT2D eigenvalue weighted by molar-refractivity contribution is 8.00. The van der Waals surface area contributed by atoms with Crippen molar-refractivity contribution in [3.8, 4) is 0 Å². The van der Waals surface area contributed by atoms with Crippen LogP contribution in [0.1, 0.15) is 19.8 Å². The average Bonchev–Trinajstić information content (AvgIpc) is 2.80. The molecular weight excluding hydrogens is 270 g/mol. The van der Waals surface area contributed by atoms with Crippen molar-refractivity contribution in [2.24, 2.45) is 0 Å². The first-order chi connectivity index (χ1) is 9.01. The quantitative estimate of drug-likeness (QED) is 0.665. The van der Waals surface area contributed by atoms with Crippen LogP contribution in [-0.4, -0.2) is 58.7 Å². The van der Waals surface area contributed by atoms with Gasteiger partial charge < -0.3 is 15.7 Å². The molecule has 1 saturated heterocycles. The first-order valence-corrected chi connectivity index (χ1v) is 7.17. The van der Waals surface area contributed by atoms with E-state index in [1.807, 2.05) is 6.92 Å². The average molecular weight is 289 g/mol. The minimum Gasteiger partial charge on any atom is -0.480 e. The predicted octanol–water partition coefficient (Wildman–Crippen LogP) is 0.0702. The van der Waals surface area contributed by atoms with E-state index in [4.69, 9.17) is 5.11 Å². The van der Waals surface area contributed by atoms with Crippen molar-refractivity contribution in [3.63, 3.8) is 0 Å². The molecule has 0 aromatic carbocycles. The number of nitrogens with one attached hydrogen (secondary N) is 2. The van der Waals surface area contributed by atoms with E-state index in [-0.39, 0.29) is 17.8 Å². The van der Waals surface area contributed by atoms with Gasteiger partial charge >= 0.3 is 12.0 Å². The minimum atomic E-state index is -1.01. The van der Waals surface area contributed by atoms with E-state index < -0.39 is 18.0 Å². The van der Waals surface area contributed by atoms with Gasteiger partial charge in [0.05, 0.1) is 11.9 Å². The number of urea groups is 1. The van der Waals surface area contributed by atoms with Gasteiger partial charge in [-0.15, -0.1) is 11.8 Å². The maximum atomic E-state index is 12.0. The number of carbonyl (C=O) groups excluding carboxylic acids is 2. The molecule has 0 aromatic rings. The molecule has 2 unspecified atom stereocenters. The number of carboxylic acids is 1. The molecule has 0 spiro atoms. The Balaban J connectivity index is 2.69. The van der Waals surface area contributed by atoms with Crippen LogP contribution in [0.2, 0.25) is 0 Å². The van der Waals surface area contributed by atoms with E-state index in [2.05, 4.69) is 10.6 Å². The van der Waals surface area contributed by atoms with Crippen molar-refractivity contribution in [2.75, 3.05) is 19.3 Å². The monoisotopic (exact) mass is 289 g/mol. The van der Waals surface area contributed by atoms with Gasteiger partial charge in [-0.25, -0.2) is 9.59 Å². The van der Waals surface area contributed by atoms with Crippen molar-refractivity contribution < 1.29 is 19.5 Å². The fourth-order valence-corrected chi connectivity index (χ4v) is 3.34. The molecule has 0 aliphatic carbocycles. The van der Waals surface area contributed by atoms with E-state index in [0.29, 0.717) is 5.75 Å². The Bertz CT molecular complexity index is 364. The van der Waals surface area contributed by atoms with Crippen LogP contribution in [0.3, 0.4) is 0 Å². The Labute approximate surface area is 116 Å². The summed E-state index contributed by atoms with van der Waals surface area (Å²) in [4.78, 5) is 35.6. The fraction of sp³-hybridized carbons (Fsp3) is 0.727. The maximum Gasteiger partial charge on any atom is 0.327 e. The van der Waals surface area contributed by atoms with Crippen LogP contribution in [0, 0.1) is 0 Å². The lowest BCUT2D eigenvalue weighted by molar-refractivity contribution is -0.141. The van der Waals surface area contributed by atoms with Crippen molar-refractivity contribution >= 4 is 29.7 Å². The number of amides is 3. The first-order valence-electron chi connectivity index (χ1n) is 6.12. The lowest BCUT2D eigenvalue weighted by Gasteiger charge is -2.27. The molecule has 8 heteroatoms. The van der Waals surface area contributed by atoms with Crippen LogP contribution in [-0.2, 0) is 9.59 Å². The van der Waals surface area contributed by atoms with Gasteiger partial charge in [-0.2, -0.15) is 0 Å². The van der Waals surface area contributed by atoms with Gasteiger partial charge in [-0.05, 0) is 6.42 Å². The van der Waals surface area contributed by atoms with Gasteiger partial charge in [0.1, 0.15) is 6.04 Å². The van der Waals surface area contributed by atoms with Crippen LogP contribution in [0.25, 0.3) is 0 Å². The molecule has 3 amide bonds. The van der Waals surface area contributed by atoms with Crippen LogP contribution in [0.15, 0.2) is 0 Å². The highest BCUT2D eigenvalue weighted by atomic mass is 32.2. The first kappa shape index (κ1) is 15.6. The summed E-state index contributed by atoms with van der Waals surface area (Å²) in [6.45, 7) is 1.83. The molecule has 108 valence electrons. The topological polar surface area (TPSA) is 98.7 Å². The predicted molar refractivity (Wildman–Crippen MR) is 71.9 cm³/mol. The van der Waals surface area contributed by atoms with Crippen LogP contribution >= 0.6 is 11.8 Å². The smallest absolute Gasteiger partial charge is 0.327 e. The van der Waals surface area contributed by atoms with Crippen molar-refractivity contribution in [1.82, 2.24) is 15.5 Å². The summed E-state index contributed by atoms with van der Waals surface area (Å²) in [7, 11) is 1.47. The normalized spacial score (nSPS) is 22.1. The van der Waals surface area contributed by atoms with E-state index in [1.54, 1.807) is 0 Å². The third-order valence-corrected chi connectivity index (χ3v) is 4.18. The molecule has 0 saturated carbocycles. The Morgan fingerprint density at radius 2 is 2.11 bits per heavy atom. The zero-order valence-corrected chi connectivity index (χ0v) is 11.8. The van der Waals surface area contributed by atoms with E-state index in [0.717, 1.165) is 12.8 Å². The molecule has 0 aromatic heterocycles. The molecule has 2 atom stereocenters. The summed E-state index contributed by atoms with van der Waals surface area (Å²) in [5.74, 6) is -0.951. The summed E-state index contributed by atoms with van der Waals surface area (Å²) < 4.78 is 0. The van der Waals surface area contributed by atoms with Gasteiger partial charge in [0.2, 0.25) is 5.91 Å². The minimum absolute atomic E-state index is 0.143. The lowest BCUT2D eigenvalue weighted by Crippen LogP contribution is -2.51. The second kappa shape index (κ2) is 7.22. The van der Waals surface area contributed by atoms with Crippen LogP contribution in [0.4, 0.5) is 4.79 Å². The molecule has 1 aliphatic heterocycles. The number of hydrogen-bond donors (Lipinski definition) is 3. The third-order valence-electron chi connectivity index (χ3n) is 2.83. The number of nitrogens with zero attached hydrogens (tertiary/aromatic N) is 1. The second-order valence-corrected chi connectivity index (χ2v) is 5.38. The SMILES string of the molecule is CCCC1SCC(C(=O)O)N1C(=O)NCC(=O)NC. The summed E-state index contributed by atoms with van der Waals surface area (Å²) in [6.07, 6.45) is 1.60. The van der Waals surface area contributed by atoms with Crippen molar-refractivity contribution in [1.29, 1.82) is 0 Å². The third kappa shape index (κ3) is 4.02. The molecule has 7 nitrogen and oxygen atoms in total. The maximum absolute atomic E-state index is 12.0. The van der Waals surface area contributed by atoms with E-state index >= 15 is 0 Å². The second-order valence-electron chi connectivity index (χ2n) is 4.17. The summed E-state index contributed by atoms with van der Waals surface area (Å²) >= 11 is 1.46. The largest absolute Gasteiger partial charge is 0.480 e. The van der Waals surface area contributed by atoms with E-state index in [1.165, 1.54) is 23.7 Å². The number of carbonyl (C=O) groups is 3. The Hall–Kier alpha value is -1.44. The van der Waals surface area contributed by atoms with E-state index in [9.17, 15) is 14.4 Å². The number of aliphatic carboxylic acids is 1. The summed E-state index contributed by atoms with van der Waals surface area (Å²) in [5.41, 5.74) is 0. The molecule has 3 N–H and O–H groups in total. The molecule has 0 radical (unpaired) electrons. The standard InChI is InChI=1S/C11H19N3O4S/c1-3-4-9-14(7(6-19-9)10(16)17)11(18)13-5-8(15)12-2/h7,9H,3-6H2,1-2H3,(H,12,15)(H,13,18)(H,16,17). The zero-order valence-electron chi connectivity index (χ0n) is 11.0. The number of rotatable bonds is 5. The Kier molecular flexibility index (Phi) is 5.94. The van der Waals surface area contributed by atoms with Gasteiger partial charge in [0, 0.05) is 12.8 Å². The summed E-state index contributed by atoms with van der Waals surface area (Å²) in [5, 5.41) is 13.8. The van der Waals surface area contributed by atoms with Gasteiger partial charge in [0.25, 0.3) is 0 Å². The molecule has 1 fully saturated rings. The number of thioether (sulfide) groups is 1. The fourth-order valence-electron chi connectivity index (χ4n) is 1.83. The highest BCUT2D eigenvalue weighted by Crippen LogP contribution is 2.32. The highest BCUT2D eigenvalue weighted by Gasteiger charge is 2.41. The van der Waals surface area contributed by atoms with Gasteiger partial charge in [0.15, 0.2) is 0 Å². The molecule has 0 bridgehead atoms. The molecule has 1 aliphatic rings. The number of carboxylic acid groups (broad SMARTS) is 1. The van der Waals surface area contributed by atoms with Crippen LogP contribution < -0.4 is 10.6 Å². The van der Waals surface area contributed by atoms with Gasteiger partial charge in [-0.3, -0.25) is 9.69 Å². The Morgan fingerprint density at radius 3 is 2.63 bits per heavy atom. The number of likely N-dealkylation sites (N-methyl/N-ethyl adjacent to an activating group) is 1. The molecule has 19 heavy (non-hydrogen) atoms. The van der Waals surface area contributed by atoms with Crippen LogP contribution in [0.5, 0.6) is 0 Å².